The van der Waals surface area contributed by atoms with Crippen LogP contribution >= 0.6 is 0 Å². The number of oxime groups is 1. The van der Waals surface area contributed by atoms with Crippen LogP contribution in [0.4, 0.5) is 5.82 Å². The van der Waals surface area contributed by atoms with Crippen LogP contribution in [0, 0.1) is 5.92 Å². The van der Waals surface area contributed by atoms with Crippen molar-refractivity contribution in [2.24, 2.45) is 16.8 Å². The third-order valence-electron chi connectivity index (χ3n) is 3.54. The molecule has 0 amide bonds. The minimum absolute atomic E-state index is 0.0508. The van der Waals surface area contributed by atoms with Gasteiger partial charge in [-0.25, -0.2) is 4.98 Å². The van der Waals surface area contributed by atoms with Crippen molar-refractivity contribution in [3.05, 3.63) is 23.9 Å². The second kappa shape index (κ2) is 5.25. The number of nitrogens with two attached hydrogens (primary N) is 1. The zero-order valence-electron chi connectivity index (χ0n) is 10.9. The number of pyridine rings is 1. The third kappa shape index (κ3) is 2.55. The van der Waals surface area contributed by atoms with E-state index in [1.165, 1.54) is 12.8 Å². The highest BCUT2D eigenvalue weighted by atomic mass is 16.4. The Labute approximate surface area is 107 Å². The van der Waals surface area contributed by atoms with Gasteiger partial charge in [0.1, 0.15) is 11.5 Å². The Balaban J connectivity index is 2.23. The molecular weight excluding hydrogens is 228 g/mol. The molecular formula is C13H20N4O. The molecule has 1 fully saturated rings. The Morgan fingerprint density at radius 1 is 1.50 bits per heavy atom. The van der Waals surface area contributed by atoms with Gasteiger partial charge in [-0.2, -0.15) is 0 Å². The van der Waals surface area contributed by atoms with Gasteiger partial charge in [0.25, 0.3) is 0 Å². The zero-order chi connectivity index (χ0) is 13.1. The van der Waals surface area contributed by atoms with Crippen LogP contribution in [0.15, 0.2) is 23.4 Å². The van der Waals surface area contributed by atoms with Gasteiger partial charge in [0.05, 0.1) is 0 Å². The van der Waals surface area contributed by atoms with Crippen molar-refractivity contribution < 1.29 is 5.21 Å². The lowest BCUT2D eigenvalue weighted by Crippen LogP contribution is -2.40. The number of hydrogen-bond acceptors (Lipinski definition) is 4. The van der Waals surface area contributed by atoms with Crippen molar-refractivity contribution in [3.63, 3.8) is 0 Å². The molecule has 18 heavy (non-hydrogen) atoms. The van der Waals surface area contributed by atoms with E-state index in [2.05, 4.69) is 28.9 Å². The smallest absolute Gasteiger partial charge is 0.188 e. The summed E-state index contributed by atoms with van der Waals surface area (Å²) >= 11 is 0. The van der Waals surface area contributed by atoms with E-state index in [1.807, 2.05) is 12.1 Å². The topological polar surface area (TPSA) is 74.7 Å². The van der Waals surface area contributed by atoms with Crippen LogP contribution in [0.2, 0.25) is 0 Å². The van der Waals surface area contributed by atoms with Crippen LogP contribution < -0.4 is 10.6 Å². The number of piperidine rings is 1. The first kappa shape index (κ1) is 12.7. The maximum Gasteiger partial charge on any atom is 0.188 e. The Morgan fingerprint density at radius 3 is 2.94 bits per heavy atom. The number of amidine groups is 1. The molecule has 0 saturated carbocycles. The monoisotopic (exact) mass is 248 g/mol. The van der Waals surface area contributed by atoms with Crippen LogP contribution in [-0.4, -0.2) is 28.6 Å². The first-order valence-corrected chi connectivity index (χ1v) is 6.33. The summed E-state index contributed by atoms with van der Waals surface area (Å²) in [6, 6.07) is 6.08. The molecule has 2 atom stereocenters. The maximum atomic E-state index is 8.69. The summed E-state index contributed by atoms with van der Waals surface area (Å²) in [5, 5.41) is 11.7. The summed E-state index contributed by atoms with van der Waals surface area (Å²) in [6.45, 7) is 5.51. The molecule has 5 nitrogen and oxygen atoms in total. The highest BCUT2D eigenvalue weighted by Gasteiger charge is 2.24. The highest BCUT2D eigenvalue weighted by Crippen LogP contribution is 2.26. The van der Waals surface area contributed by atoms with Crippen LogP contribution in [-0.2, 0) is 0 Å². The Hall–Kier alpha value is -1.78. The minimum Gasteiger partial charge on any atom is -0.409 e. The number of nitrogens with zero attached hydrogens (tertiary/aromatic N) is 3. The maximum absolute atomic E-state index is 8.69. The SMILES string of the molecule is CC1CCN(c2cccc(C(N)=NO)n2)C(C)C1. The van der Waals surface area contributed by atoms with Crippen LogP contribution in [0.1, 0.15) is 32.4 Å². The Kier molecular flexibility index (Phi) is 3.69. The van der Waals surface area contributed by atoms with Gasteiger partial charge in [0.2, 0.25) is 0 Å². The largest absolute Gasteiger partial charge is 0.409 e. The number of hydrogen-bond donors (Lipinski definition) is 2. The van der Waals surface area contributed by atoms with Crippen LogP contribution in [0.5, 0.6) is 0 Å². The highest BCUT2D eigenvalue weighted by molar-refractivity contribution is 5.95. The van der Waals surface area contributed by atoms with Crippen molar-refractivity contribution in [3.8, 4) is 0 Å². The van der Waals surface area contributed by atoms with E-state index >= 15 is 0 Å². The van der Waals surface area contributed by atoms with Crippen molar-refractivity contribution in [1.82, 2.24) is 4.98 Å². The van der Waals surface area contributed by atoms with Crippen molar-refractivity contribution >= 4 is 11.7 Å². The first-order valence-electron chi connectivity index (χ1n) is 6.33. The lowest BCUT2D eigenvalue weighted by Gasteiger charge is -2.37. The number of anilines is 1. The van der Waals surface area contributed by atoms with Gasteiger partial charge in [0.15, 0.2) is 5.84 Å². The second-order valence-corrected chi connectivity index (χ2v) is 5.04. The van der Waals surface area contributed by atoms with E-state index < -0.39 is 0 Å². The average molecular weight is 248 g/mol. The predicted octanol–water partition coefficient (Wildman–Crippen LogP) is 1.80. The molecule has 0 radical (unpaired) electrons. The summed E-state index contributed by atoms with van der Waals surface area (Å²) < 4.78 is 0. The molecule has 0 bridgehead atoms. The van der Waals surface area contributed by atoms with Gasteiger partial charge in [-0.05, 0) is 37.8 Å². The molecule has 2 rings (SSSR count). The quantitative estimate of drug-likeness (QED) is 0.362. The van der Waals surface area contributed by atoms with Gasteiger partial charge < -0.3 is 15.8 Å². The van der Waals surface area contributed by atoms with Gasteiger partial charge in [-0.3, -0.25) is 0 Å². The van der Waals surface area contributed by atoms with Crippen molar-refractivity contribution in [2.75, 3.05) is 11.4 Å². The summed E-state index contributed by atoms with van der Waals surface area (Å²) in [5.41, 5.74) is 6.08. The summed E-state index contributed by atoms with van der Waals surface area (Å²) in [4.78, 5) is 6.74. The van der Waals surface area contributed by atoms with Crippen LogP contribution in [0.25, 0.3) is 0 Å². The molecule has 2 unspecified atom stereocenters. The summed E-state index contributed by atoms with van der Waals surface area (Å²) in [5.74, 6) is 1.72. The molecule has 5 heteroatoms. The zero-order valence-corrected chi connectivity index (χ0v) is 10.9. The molecule has 3 N–H and O–H groups in total. The Morgan fingerprint density at radius 2 is 2.28 bits per heavy atom. The minimum atomic E-state index is 0.0508. The average Bonchev–Trinajstić information content (AvgIpc) is 2.38. The molecule has 0 spiro atoms. The molecule has 1 saturated heterocycles. The predicted molar refractivity (Wildman–Crippen MR) is 72.0 cm³/mol. The molecule has 2 heterocycles. The number of aromatic nitrogens is 1. The lowest BCUT2D eigenvalue weighted by molar-refractivity contribution is 0.318. The van der Waals surface area contributed by atoms with E-state index in [9.17, 15) is 0 Å². The summed E-state index contributed by atoms with van der Waals surface area (Å²) in [6.07, 6.45) is 2.36. The van der Waals surface area contributed by atoms with E-state index in [4.69, 9.17) is 10.9 Å². The molecule has 1 aliphatic rings. The fourth-order valence-corrected chi connectivity index (χ4v) is 2.52. The fourth-order valence-electron chi connectivity index (χ4n) is 2.52. The molecule has 1 aromatic heterocycles. The summed E-state index contributed by atoms with van der Waals surface area (Å²) in [7, 11) is 0. The first-order chi connectivity index (χ1) is 8.61. The van der Waals surface area contributed by atoms with Crippen molar-refractivity contribution in [2.45, 2.75) is 32.7 Å². The van der Waals surface area contributed by atoms with E-state index in [-0.39, 0.29) is 5.84 Å². The molecule has 0 aromatic carbocycles. The normalized spacial score (nSPS) is 25.2. The second-order valence-electron chi connectivity index (χ2n) is 5.04. The van der Waals surface area contributed by atoms with E-state index in [0.717, 1.165) is 18.3 Å². The molecule has 1 aromatic rings. The van der Waals surface area contributed by atoms with E-state index in [0.29, 0.717) is 11.7 Å². The molecule has 98 valence electrons. The third-order valence-corrected chi connectivity index (χ3v) is 3.54. The number of rotatable bonds is 2. The fraction of sp³-hybridized carbons (Fsp3) is 0.538. The van der Waals surface area contributed by atoms with Crippen LogP contribution in [0.3, 0.4) is 0 Å². The van der Waals surface area contributed by atoms with Gasteiger partial charge in [-0.1, -0.05) is 18.1 Å². The van der Waals surface area contributed by atoms with Gasteiger partial charge in [-0.15, -0.1) is 0 Å². The standard InChI is InChI=1S/C13H20N4O/c1-9-6-7-17(10(2)8-9)12-5-3-4-11(15-12)13(14)16-18/h3-5,9-10,18H,6-8H2,1-2H3,(H2,14,16). The Bertz CT molecular complexity index is 446. The van der Waals surface area contributed by atoms with Crippen molar-refractivity contribution in [1.29, 1.82) is 0 Å². The van der Waals surface area contributed by atoms with E-state index in [1.54, 1.807) is 6.07 Å². The van der Waals surface area contributed by atoms with Gasteiger partial charge in [0, 0.05) is 12.6 Å². The molecule has 0 aliphatic carbocycles. The molecule has 1 aliphatic heterocycles. The van der Waals surface area contributed by atoms with Gasteiger partial charge >= 0.3 is 0 Å². The lowest BCUT2D eigenvalue weighted by atomic mass is 9.93.